The molecule has 1 aliphatic carbocycles. The summed E-state index contributed by atoms with van der Waals surface area (Å²) in [7, 11) is 0. The van der Waals surface area contributed by atoms with E-state index in [-0.39, 0.29) is 23.8 Å². The van der Waals surface area contributed by atoms with Gasteiger partial charge >= 0.3 is 0 Å². The highest BCUT2D eigenvalue weighted by molar-refractivity contribution is 5.79. The van der Waals surface area contributed by atoms with Gasteiger partial charge in [0.05, 0.1) is 0 Å². The van der Waals surface area contributed by atoms with Crippen LogP contribution in [-0.2, 0) is 16.1 Å². The van der Waals surface area contributed by atoms with E-state index in [9.17, 15) is 9.59 Å². The van der Waals surface area contributed by atoms with Gasteiger partial charge in [-0.3, -0.25) is 14.6 Å². The van der Waals surface area contributed by atoms with Gasteiger partial charge in [0.1, 0.15) is 0 Å². The molecule has 2 heterocycles. The Kier molecular flexibility index (Phi) is 7.46. The lowest BCUT2D eigenvalue weighted by atomic mass is 9.86. The first kappa shape index (κ1) is 20.8. The molecule has 1 saturated carbocycles. The summed E-state index contributed by atoms with van der Waals surface area (Å²) >= 11 is 0. The molecule has 0 bridgehead atoms. The number of likely N-dealkylation sites (tertiary alicyclic amines) is 1. The van der Waals surface area contributed by atoms with Crippen LogP contribution in [0.25, 0.3) is 0 Å². The lowest BCUT2D eigenvalue weighted by molar-refractivity contribution is -0.143. The summed E-state index contributed by atoms with van der Waals surface area (Å²) in [4.78, 5) is 34.1. The Hall–Kier alpha value is -1.91. The van der Waals surface area contributed by atoms with Crippen LogP contribution in [0.5, 0.6) is 0 Å². The lowest BCUT2D eigenvalue weighted by Crippen LogP contribution is -2.52. The van der Waals surface area contributed by atoms with Crippen molar-refractivity contribution in [1.29, 1.82) is 0 Å². The molecule has 3 rings (SSSR count). The van der Waals surface area contributed by atoms with Crippen molar-refractivity contribution in [3.63, 3.8) is 0 Å². The van der Waals surface area contributed by atoms with Crippen LogP contribution in [0, 0.1) is 11.8 Å². The van der Waals surface area contributed by atoms with E-state index in [1.807, 2.05) is 42.0 Å². The summed E-state index contributed by atoms with van der Waals surface area (Å²) in [6, 6.07) is 4.02. The summed E-state index contributed by atoms with van der Waals surface area (Å²) < 4.78 is 0. The maximum absolute atomic E-state index is 12.9. The molecule has 0 spiro atoms. The molecular weight excluding hydrogens is 350 g/mol. The standard InChI is InChI=1S/C23H35N3O2/c1-18(2)23(28)26(16-20-10-6-12-24-15-20)21-11-7-13-25(17-21)22(27)14-19-8-4-3-5-9-19/h6,10,12,15,18-19,21H,3-5,7-9,11,13-14,16-17H2,1-2H3. The van der Waals surface area contributed by atoms with Crippen molar-refractivity contribution < 1.29 is 9.59 Å². The van der Waals surface area contributed by atoms with Crippen LogP contribution in [-0.4, -0.2) is 45.7 Å². The maximum Gasteiger partial charge on any atom is 0.225 e. The molecule has 5 nitrogen and oxygen atoms in total. The van der Waals surface area contributed by atoms with Crippen LogP contribution in [0.4, 0.5) is 0 Å². The SMILES string of the molecule is CC(C)C(=O)N(Cc1cccnc1)C1CCCN(C(=O)CC2CCCCC2)C1. The Labute approximate surface area is 169 Å². The molecule has 1 aromatic rings. The van der Waals surface area contributed by atoms with Crippen LogP contribution < -0.4 is 0 Å². The minimum Gasteiger partial charge on any atom is -0.341 e. The fourth-order valence-corrected chi connectivity index (χ4v) is 4.61. The highest BCUT2D eigenvalue weighted by Gasteiger charge is 2.32. The van der Waals surface area contributed by atoms with Gasteiger partial charge in [-0.2, -0.15) is 0 Å². The van der Waals surface area contributed by atoms with Gasteiger partial charge in [-0.15, -0.1) is 0 Å². The van der Waals surface area contributed by atoms with E-state index in [4.69, 9.17) is 0 Å². The van der Waals surface area contributed by atoms with Gasteiger partial charge < -0.3 is 9.80 Å². The summed E-state index contributed by atoms with van der Waals surface area (Å²) in [6.45, 7) is 5.98. The number of aromatic nitrogens is 1. The van der Waals surface area contributed by atoms with Gasteiger partial charge in [-0.1, -0.05) is 39.2 Å². The number of carbonyl (C=O) groups excluding carboxylic acids is 2. The Morgan fingerprint density at radius 1 is 1.18 bits per heavy atom. The zero-order valence-electron chi connectivity index (χ0n) is 17.5. The molecule has 1 aromatic heterocycles. The molecule has 28 heavy (non-hydrogen) atoms. The predicted molar refractivity (Wildman–Crippen MR) is 110 cm³/mol. The van der Waals surface area contributed by atoms with Crippen LogP contribution in [0.15, 0.2) is 24.5 Å². The monoisotopic (exact) mass is 385 g/mol. The number of pyridine rings is 1. The summed E-state index contributed by atoms with van der Waals surface area (Å²) in [6.07, 6.45) is 12.4. The van der Waals surface area contributed by atoms with Crippen molar-refractivity contribution in [3.8, 4) is 0 Å². The summed E-state index contributed by atoms with van der Waals surface area (Å²) in [5.41, 5.74) is 1.04. The first-order valence-corrected chi connectivity index (χ1v) is 11.0. The van der Waals surface area contributed by atoms with Gasteiger partial charge in [0, 0.05) is 50.4 Å². The molecule has 0 radical (unpaired) electrons. The smallest absolute Gasteiger partial charge is 0.225 e. The van der Waals surface area contributed by atoms with Crippen molar-refractivity contribution in [2.75, 3.05) is 13.1 Å². The van der Waals surface area contributed by atoms with Crippen LogP contribution >= 0.6 is 0 Å². The molecule has 2 aliphatic rings. The average molecular weight is 386 g/mol. The normalized spacial score (nSPS) is 21.0. The zero-order chi connectivity index (χ0) is 19.9. The fourth-order valence-electron chi connectivity index (χ4n) is 4.61. The Balaban J connectivity index is 1.65. The molecule has 1 unspecified atom stereocenters. The topological polar surface area (TPSA) is 53.5 Å². The number of nitrogens with zero attached hydrogens (tertiary/aromatic N) is 3. The number of carbonyl (C=O) groups is 2. The Morgan fingerprint density at radius 3 is 2.64 bits per heavy atom. The van der Waals surface area contributed by atoms with E-state index in [1.165, 1.54) is 32.1 Å². The third kappa shape index (κ3) is 5.55. The molecule has 0 N–H and O–H groups in total. The van der Waals surface area contributed by atoms with Gasteiger partial charge in [0.25, 0.3) is 0 Å². The molecule has 2 fully saturated rings. The largest absolute Gasteiger partial charge is 0.341 e. The lowest BCUT2D eigenvalue weighted by Gasteiger charge is -2.40. The van der Waals surface area contributed by atoms with Gasteiger partial charge in [-0.05, 0) is 43.2 Å². The zero-order valence-corrected chi connectivity index (χ0v) is 17.5. The average Bonchev–Trinajstić information content (AvgIpc) is 2.73. The van der Waals surface area contributed by atoms with E-state index < -0.39 is 0 Å². The number of hydrogen-bond donors (Lipinski definition) is 0. The Morgan fingerprint density at radius 2 is 1.96 bits per heavy atom. The molecule has 2 amide bonds. The Bertz CT molecular complexity index is 641. The second kappa shape index (κ2) is 10.0. The van der Waals surface area contributed by atoms with Crippen molar-refractivity contribution >= 4 is 11.8 Å². The molecule has 5 heteroatoms. The van der Waals surface area contributed by atoms with Gasteiger partial charge in [-0.25, -0.2) is 0 Å². The number of hydrogen-bond acceptors (Lipinski definition) is 3. The minimum atomic E-state index is -0.0509. The maximum atomic E-state index is 12.9. The van der Waals surface area contributed by atoms with Crippen molar-refractivity contribution in [3.05, 3.63) is 30.1 Å². The predicted octanol–water partition coefficient (Wildman–Crippen LogP) is 4.03. The minimum absolute atomic E-state index is 0.0509. The first-order chi connectivity index (χ1) is 13.5. The second-order valence-corrected chi connectivity index (χ2v) is 8.83. The fraction of sp³-hybridized carbons (Fsp3) is 0.696. The number of rotatable bonds is 6. The van der Waals surface area contributed by atoms with E-state index in [2.05, 4.69) is 4.98 Å². The van der Waals surface area contributed by atoms with Crippen LogP contribution in [0.1, 0.15) is 70.8 Å². The van der Waals surface area contributed by atoms with Crippen molar-refractivity contribution in [2.24, 2.45) is 11.8 Å². The van der Waals surface area contributed by atoms with Crippen molar-refractivity contribution in [1.82, 2.24) is 14.8 Å². The van der Waals surface area contributed by atoms with Crippen LogP contribution in [0.2, 0.25) is 0 Å². The molecule has 0 aromatic carbocycles. The van der Waals surface area contributed by atoms with Crippen molar-refractivity contribution in [2.45, 2.75) is 77.8 Å². The van der Waals surface area contributed by atoms with E-state index in [0.717, 1.165) is 24.9 Å². The van der Waals surface area contributed by atoms with E-state index in [0.29, 0.717) is 25.4 Å². The number of amides is 2. The van der Waals surface area contributed by atoms with E-state index >= 15 is 0 Å². The third-order valence-corrected chi connectivity index (χ3v) is 6.23. The molecule has 1 aliphatic heterocycles. The quantitative estimate of drug-likeness (QED) is 0.743. The molecule has 1 saturated heterocycles. The second-order valence-electron chi connectivity index (χ2n) is 8.83. The third-order valence-electron chi connectivity index (χ3n) is 6.23. The molecule has 154 valence electrons. The molecular formula is C23H35N3O2. The van der Waals surface area contributed by atoms with Gasteiger partial charge in [0.2, 0.25) is 11.8 Å². The first-order valence-electron chi connectivity index (χ1n) is 11.0. The highest BCUT2D eigenvalue weighted by Crippen LogP contribution is 2.28. The van der Waals surface area contributed by atoms with Crippen LogP contribution in [0.3, 0.4) is 0 Å². The summed E-state index contributed by atoms with van der Waals surface area (Å²) in [5.74, 6) is 0.959. The summed E-state index contributed by atoms with van der Waals surface area (Å²) in [5, 5.41) is 0. The molecule has 1 atom stereocenters. The van der Waals surface area contributed by atoms with Gasteiger partial charge in [0.15, 0.2) is 0 Å². The highest BCUT2D eigenvalue weighted by atomic mass is 16.2. The van der Waals surface area contributed by atoms with E-state index in [1.54, 1.807) is 6.20 Å². The number of piperidine rings is 1.